The van der Waals surface area contributed by atoms with Crippen molar-refractivity contribution < 1.29 is 14.0 Å². The van der Waals surface area contributed by atoms with Gasteiger partial charge >= 0.3 is 0 Å². The van der Waals surface area contributed by atoms with Crippen LogP contribution in [-0.4, -0.2) is 41.8 Å². The third kappa shape index (κ3) is 4.20. The van der Waals surface area contributed by atoms with Crippen LogP contribution in [0.25, 0.3) is 10.8 Å². The molecule has 0 bridgehead atoms. The van der Waals surface area contributed by atoms with Crippen LogP contribution in [0, 0.1) is 11.7 Å². The third-order valence-electron chi connectivity index (χ3n) is 5.86. The predicted molar refractivity (Wildman–Crippen MR) is 115 cm³/mol. The Morgan fingerprint density at radius 2 is 1.63 bits per heavy atom. The summed E-state index contributed by atoms with van der Waals surface area (Å²) in [6, 6.07) is 19.9. The van der Waals surface area contributed by atoms with Crippen LogP contribution in [-0.2, 0) is 11.3 Å². The first-order valence-electron chi connectivity index (χ1n) is 10.3. The number of piperidine rings is 1. The van der Waals surface area contributed by atoms with E-state index in [9.17, 15) is 14.0 Å². The van der Waals surface area contributed by atoms with Crippen molar-refractivity contribution in [3.05, 3.63) is 83.7 Å². The van der Waals surface area contributed by atoms with Gasteiger partial charge in [0.05, 0.1) is 0 Å². The Bertz CT molecular complexity index is 1050. The van der Waals surface area contributed by atoms with Gasteiger partial charge in [-0.15, -0.1) is 0 Å². The van der Waals surface area contributed by atoms with Gasteiger partial charge in [0.15, 0.2) is 0 Å². The Morgan fingerprint density at radius 1 is 0.967 bits per heavy atom. The molecule has 1 aliphatic heterocycles. The number of hydrogen-bond acceptors (Lipinski definition) is 2. The van der Waals surface area contributed by atoms with E-state index >= 15 is 0 Å². The highest BCUT2D eigenvalue weighted by atomic mass is 19.1. The highest BCUT2D eigenvalue weighted by Gasteiger charge is 2.30. The van der Waals surface area contributed by atoms with Crippen LogP contribution in [0.5, 0.6) is 0 Å². The molecular formula is C25H25FN2O2. The molecular weight excluding hydrogens is 379 g/mol. The van der Waals surface area contributed by atoms with E-state index in [4.69, 9.17) is 0 Å². The smallest absolute Gasteiger partial charge is 0.254 e. The topological polar surface area (TPSA) is 40.6 Å². The second kappa shape index (κ2) is 8.66. The molecule has 0 aromatic heterocycles. The number of halogens is 1. The molecule has 0 spiro atoms. The van der Waals surface area contributed by atoms with Gasteiger partial charge in [-0.2, -0.15) is 0 Å². The van der Waals surface area contributed by atoms with Crippen molar-refractivity contribution in [2.24, 2.45) is 5.92 Å². The van der Waals surface area contributed by atoms with E-state index in [2.05, 4.69) is 0 Å². The summed E-state index contributed by atoms with van der Waals surface area (Å²) in [6.45, 7) is 1.60. The molecule has 1 fully saturated rings. The SMILES string of the molecule is CN(Cc1ccc(F)cc1)C(=O)C1CCN(C(=O)c2cccc3ccccc23)CC1. The fourth-order valence-electron chi connectivity index (χ4n) is 4.17. The molecule has 0 N–H and O–H groups in total. The second-order valence-corrected chi connectivity index (χ2v) is 7.91. The summed E-state index contributed by atoms with van der Waals surface area (Å²) in [5.74, 6) is -0.267. The summed E-state index contributed by atoms with van der Waals surface area (Å²) >= 11 is 0. The van der Waals surface area contributed by atoms with Crippen LogP contribution in [0.4, 0.5) is 4.39 Å². The number of amides is 2. The lowest BCUT2D eigenvalue weighted by Crippen LogP contribution is -2.43. The lowest BCUT2D eigenvalue weighted by Gasteiger charge is -2.33. The van der Waals surface area contributed by atoms with E-state index in [0.29, 0.717) is 38.0 Å². The molecule has 154 valence electrons. The molecule has 1 heterocycles. The van der Waals surface area contributed by atoms with E-state index < -0.39 is 0 Å². The lowest BCUT2D eigenvalue weighted by molar-refractivity contribution is -0.136. The van der Waals surface area contributed by atoms with Gasteiger partial charge in [-0.05, 0) is 47.4 Å². The molecule has 0 aliphatic carbocycles. The normalized spacial score (nSPS) is 14.7. The van der Waals surface area contributed by atoms with Crippen LogP contribution in [0.3, 0.4) is 0 Å². The molecule has 2 amide bonds. The van der Waals surface area contributed by atoms with E-state index in [0.717, 1.165) is 16.3 Å². The van der Waals surface area contributed by atoms with Gasteiger partial charge in [0.1, 0.15) is 5.82 Å². The summed E-state index contributed by atoms with van der Waals surface area (Å²) in [6.07, 6.45) is 1.31. The first kappa shape index (κ1) is 20.1. The molecule has 0 radical (unpaired) electrons. The van der Waals surface area contributed by atoms with Crippen molar-refractivity contribution in [2.75, 3.05) is 20.1 Å². The van der Waals surface area contributed by atoms with Crippen molar-refractivity contribution in [1.82, 2.24) is 9.80 Å². The average Bonchev–Trinajstić information content (AvgIpc) is 2.79. The van der Waals surface area contributed by atoms with Gasteiger partial charge < -0.3 is 9.80 Å². The number of carbonyl (C=O) groups excluding carboxylic acids is 2. The van der Waals surface area contributed by atoms with Crippen molar-refractivity contribution in [3.8, 4) is 0 Å². The van der Waals surface area contributed by atoms with Crippen LogP contribution in [0.15, 0.2) is 66.7 Å². The van der Waals surface area contributed by atoms with E-state index in [1.165, 1.54) is 12.1 Å². The van der Waals surface area contributed by atoms with E-state index in [1.807, 2.05) is 47.4 Å². The third-order valence-corrected chi connectivity index (χ3v) is 5.86. The lowest BCUT2D eigenvalue weighted by atomic mass is 9.94. The monoisotopic (exact) mass is 404 g/mol. The number of hydrogen-bond donors (Lipinski definition) is 0. The number of rotatable bonds is 4. The molecule has 0 unspecified atom stereocenters. The van der Waals surface area contributed by atoms with Crippen LogP contribution < -0.4 is 0 Å². The Balaban J connectivity index is 1.37. The Kier molecular flexibility index (Phi) is 5.79. The molecule has 30 heavy (non-hydrogen) atoms. The number of benzene rings is 3. The summed E-state index contributed by atoms with van der Waals surface area (Å²) in [4.78, 5) is 29.5. The number of nitrogens with zero attached hydrogens (tertiary/aromatic N) is 2. The standard InChI is InChI=1S/C25H25FN2O2/c1-27(17-18-9-11-21(26)12-10-18)24(29)20-13-15-28(16-14-20)25(30)23-8-4-6-19-5-2-3-7-22(19)23/h2-12,20H,13-17H2,1H3. The fraction of sp³-hybridized carbons (Fsp3) is 0.280. The molecule has 0 saturated carbocycles. The molecule has 4 nitrogen and oxygen atoms in total. The number of fused-ring (bicyclic) bond motifs is 1. The second-order valence-electron chi connectivity index (χ2n) is 7.91. The highest BCUT2D eigenvalue weighted by molar-refractivity contribution is 6.07. The Hall–Kier alpha value is -3.21. The maximum absolute atomic E-state index is 13.1. The number of carbonyl (C=O) groups is 2. The summed E-state index contributed by atoms with van der Waals surface area (Å²) < 4.78 is 13.1. The van der Waals surface area contributed by atoms with Crippen molar-refractivity contribution in [3.63, 3.8) is 0 Å². The average molecular weight is 404 g/mol. The molecule has 4 rings (SSSR count). The number of likely N-dealkylation sites (tertiary alicyclic amines) is 1. The van der Waals surface area contributed by atoms with Crippen LogP contribution >= 0.6 is 0 Å². The van der Waals surface area contributed by atoms with Gasteiger partial charge in [0, 0.05) is 38.2 Å². The minimum atomic E-state index is -0.282. The van der Waals surface area contributed by atoms with Crippen molar-refractivity contribution in [1.29, 1.82) is 0 Å². The molecule has 3 aromatic rings. The Labute approximate surface area is 175 Å². The van der Waals surface area contributed by atoms with Gasteiger partial charge in [0.2, 0.25) is 5.91 Å². The molecule has 5 heteroatoms. The first-order chi connectivity index (χ1) is 14.5. The first-order valence-corrected chi connectivity index (χ1v) is 10.3. The minimum absolute atomic E-state index is 0.0253. The molecule has 3 aromatic carbocycles. The van der Waals surface area contributed by atoms with E-state index in [1.54, 1.807) is 24.1 Å². The quantitative estimate of drug-likeness (QED) is 0.643. The van der Waals surface area contributed by atoms with Crippen LogP contribution in [0.2, 0.25) is 0 Å². The van der Waals surface area contributed by atoms with Crippen LogP contribution in [0.1, 0.15) is 28.8 Å². The van der Waals surface area contributed by atoms with Gasteiger partial charge in [0.25, 0.3) is 5.91 Å². The summed E-state index contributed by atoms with van der Waals surface area (Å²) in [7, 11) is 1.78. The summed E-state index contributed by atoms with van der Waals surface area (Å²) in [5, 5.41) is 2.01. The molecule has 0 atom stereocenters. The molecule has 1 aliphatic rings. The highest BCUT2D eigenvalue weighted by Crippen LogP contribution is 2.25. The van der Waals surface area contributed by atoms with Gasteiger partial charge in [-0.1, -0.05) is 48.5 Å². The van der Waals surface area contributed by atoms with E-state index in [-0.39, 0.29) is 23.5 Å². The zero-order valence-electron chi connectivity index (χ0n) is 17.1. The zero-order valence-corrected chi connectivity index (χ0v) is 17.1. The molecule has 1 saturated heterocycles. The van der Waals surface area contributed by atoms with Gasteiger partial charge in [-0.3, -0.25) is 9.59 Å². The van der Waals surface area contributed by atoms with Crippen molar-refractivity contribution in [2.45, 2.75) is 19.4 Å². The van der Waals surface area contributed by atoms with Gasteiger partial charge in [-0.25, -0.2) is 4.39 Å². The largest absolute Gasteiger partial charge is 0.341 e. The Morgan fingerprint density at radius 3 is 2.37 bits per heavy atom. The van der Waals surface area contributed by atoms with Crippen molar-refractivity contribution >= 4 is 22.6 Å². The maximum atomic E-state index is 13.1. The minimum Gasteiger partial charge on any atom is -0.341 e. The zero-order chi connectivity index (χ0) is 21.1. The summed E-state index contributed by atoms with van der Waals surface area (Å²) in [5.41, 5.74) is 1.61. The fourth-order valence-corrected chi connectivity index (χ4v) is 4.17. The predicted octanol–water partition coefficient (Wildman–Crippen LogP) is 4.49. The maximum Gasteiger partial charge on any atom is 0.254 e.